The van der Waals surface area contributed by atoms with Gasteiger partial charge in [-0.2, -0.15) is 0 Å². The summed E-state index contributed by atoms with van der Waals surface area (Å²) < 4.78 is 5.14. The number of benzene rings is 2. The molecule has 2 rings (SSSR count). The molecule has 1 atom stereocenters. The Kier molecular flexibility index (Phi) is 5.21. The lowest BCUT2D eigenvalue weighted by atomic mass is 10.0. The van der Waals surface area contributed by atoms with E-state index < -0.39 is 0 Å². The fourth-order valence-electron chi connectivity index (χ4n) is 2.37. The van der Waals surface area contributed by atoms with E-state index in [2.05, 4.69) is 31.3 Å². The highest BCUT2D eigenvalue weighted by molar-refractivity contribution is 5.79. The molecule has 116 valence electrons. The summed E-state index contributed by atoms with van der Waals surface area (Å²) in [6, 6.07) is 13.9. The van der Waals surface area contributed by atoms with Crippen molar-refractivity contribution in [3.63, 3.8) is 0 Å². The van der Waals surface area contributed by atoms with Gasteiger partial charge in [0.25, 0.3) is 0 Å². The zero-order chi connectivity index (χ0) is 16.1. The molecule has 0 saturated carbocycles. The lowest BCUT2D eigenvalue weighted by molar-refractivity contribution is -0.121. The Morgan fingerprint density at radius 2 is 1.77 bits per heavy atom. The average molecular weight is 297 g/mol. The van der Waals surface area contributed by atoms with E-state index in [1.54, 1.807) is 7.11 Å². The Morgan fingerprint density at radius 1 is 1.09 bits per heavy atom. The van der Waals surface area contributed by atoms with Gasteiger partial charge in [-0.05, 0) is 55.2 Å². The molecule has 0 unspecified atom stereocenters. The van der Waals surface area contributed by atoms with Gasteiger partial charge in [0.05, 0.1) is 19.6 Å². The van der Waals surface area contributed by atoms with Crippen LogP contribution < -0.4 is 10.1 Å². The SMILES string of the molecule is COc1ccc([C@@H](C)NC(=O)Cc2ccc(C)c(C)c2)cc1. The van der Waals surface area contributed by atoms with Crippen LogP contribution in [0.5, 0.6) is 5.75 Å². The molecule has 3 heteroatoms. The van der Waals surface area contributed by atoms with Crippen LogP contribution in [0.1, 0.15) is 35.2 Å². The quantitative estimate of drug-likeness (QED) is 0.913. The Hall–Kier alpha value is -2.29. The van der Waals surface area contributed by atoms with Gasteiger partial charge in [-0.25, -0.2) is 0 Å². The van der Waals surface area contributed by atoms with Crippen molar-refractivity contribution in [3.05, 3.63) is 64.7 Å². The van der Waals surface area contributed by atoms with Gasteiger partial charge in [-0.3, -0.25) is 4.79 Å². The van der Waals surface area contributed by atoms with Crippen LogP contribution in [0.4, 0.5) is 0 Å². The molecule has 0 bridgehead atoms. The van der Waals surface area contributed by atoms with Crippen molar-refractivity contribution >= 4 is 5.91 Å². The predicted molar refractivity (Wildman–Crippen MR) is 89.2 cm³/mol. The minimum absolute atomic E-state index is 0.0232. The first-order valence-corrected chi connectivity index (χ1v) is 7.49. The van der Waals surface area contributed by atoms with E-state index >= 15 is 0 Å². The molecular formula is C19H23NO2. The van der Waals surface area contributed by atoms with Crippen LogP contribution in [0.25, 0.3) is 0 Å². The van der Waals surface area contributed by atoms with Gasteiger partial charge in [0.2, 0.25) is 5.91 Å². The molecule has 1 amide bonds. The second-order valence-electron chi connectivity index (χ2n) is 5.66. The molecule has 3 nitrogen and oxygen atoms in total. The summed E-state index contributed by atoms with van der Waals surface area (Å²) in [5, 5.41) is 3.04. The van der Waals surface area contributed by atoms with E-state index in [1.165, 1.54) is 11.1 Å². The zero-order valence-electron chi connectivity index (χ0n) is 13.6. The molecule has 0 radical (unpaired) electrons. The third kappa shape index (κ3) is 4.10. The third-order valence-corrected chi connectivity index (χ3v) is 3.93. The second-order valence-corrected chi connectivity index (χ2v) is 5.66. The number of ether oxygens (including phenoxy) is 1. The molecule has 0 aliphatic carbocycles. The first-order chi connectivity index (χ1) is 10.5. The number of aryl methyl sites for hydroxylation is 2. The zero-order valence-corrected chi connectivity index (χ0v) is 13.6. The fourth-order valence-corrected chi connectivity index (χ4v) is 2.37. The number of methoxy groups -OCH3 is 1. The number of nitrogens with one attached hydrogen (secondary N) is 1. The predicted octanol–water partition coefficient (Wildman–Crippen LogP) is 3.73. The normalized spacial score (nSPS) is 11.8. The van der Waals surface area contributed by atoms with Gasteiger partial charge >= 0.3 is 0 Å². The third-order valence-electron chi connectivity index (χ3n) is 3.93. The molecule has 2 aromatic rings. The summed E-state index contributed by atoms with van der Waals surface area (Å²) in [7, 11) is 1.64. The minimum Gasteiger partial charge on any atom is -0.497 e. The molecule has 22 heavy (non-hydrogen) atoms. The monoisotopic (exact) mass is 297 g/mol. The molecule has 0 aliphatic rings. The maximum absolute atomic E-state index is 12.2. The average Bonchev–Trinajstić information content (AvgIpc) is 2.51. The summed E-state index contributed by atoms with van der Waals surface area (Å²) in [5.41, 5.74) is 4.57. The lowest BCUT2D eigenvalue weighted by Crippen LogP contribution is -2.28. The van der Waals surface area contributed by atoms with E-state index in [0.29, 0.717) is 6.42 Å². The van der Waals surface area contributed by atoms with Gasteiger partial charge in [0.15, 0.2) is 0 Å². The molecule has 0 fully saturated rings. The number of carbonyl (C=O) groups excluding carboxylic acids is 1. The van der Waals surface area contributed by atoms with Gasteiger partial charge in [-0.1, -0.05) is 30.3 Å². The van der Waals surface area contributed by atoms with Crippen molar-refractivity contribution < 1.29 is 9.53 Å². The highest BCUT2D eigenvalue weighted by Gasteiger charge is 2.10. The van der Waals surface area contributed by atoms with Crippen molar-refractivity contribution in [1.29, 1.82) is 0 Å². The number of hydrogen-bond donors (Lipinski definition) is 1. The molecule has 0 heterocycles. The van der Waals surface area contributed by atoms with Gasteiger partial charge in [0, 0.05) is 0 Å². The maximum Gasteiger partial charge on any atom is 0.224 e. The maximum atomic E-state index is 12.2. The standard InChI is InChI=1S/C19H23NO2/c1-13-5-6-16(11-14(13)2)12-19(21)20-15(3)17-7-9-18(22-4)10-8-17/h5-11,15H,12H2,1-4H3,(H,20,21)/t15-/m1/s1. The Labute approximate surface area is 132 Å². The smallest absolute Gasteiger partial charge is 0.224 e. The molecule has 0 spiro atoms. The Morgan fingerprint density at radius 3 is 2.36 bits per heavy atom. The summed E-state index contributed by atoms with van der Waals surface area (Å²) in [6.07, 6.45) is 0.404. The number of rotatable bonds is 5. The van der Waals surface area contributed by atoms with Gasteiger partial charge in [0.1, 0.15) is 5.75 Å². The van der Waals surface area contributed by atoms with E-state index in [4.69, 9.17) is 4.74 Å². The van der Waals surface area contributed by atoms with Crippen LogP contribution in [0.3, 0.4) is 0 Å². The molecule has 2 aromatic carbocycles. The highest BCUT2D eigenvalue weighted by Crippen LogP contribution is 2.17. The first-order valence-electron chi connectivity index (χ1n) is 7.49. The van der Waals surface area contributed by atoms with Crippen LogP contribution in [0.2, 0.25) is 0 Å². The van der Waals surface area contributed by atoms with Crippen molar-refractivity contribution in [2.24, 2.45) is 0 Å². The summed E-state index contributed by atoms with van der Waals surface area (Å²) in [5.74, 6) is 0.851. The molecular weight excluding hydrogens is 274 g/mol. The topological polar surface area (TPSA) is 38.3 Å². The summed E-state index contributed by atoms with van der Waals surface area (Å²) in [6.45, 7) is 6.13. The van der Waals surface area contributed by atoms with Crippen molar-refractivity contribution in [2.45, 2.75) is 33.2 Å². The largest absolute Gasteiger partial charge is 0.497 e. The van der Waals surface area contributed by atoms with Crippen LogP contribution in [-0.2, 0) is 11.2 Å². The van der Waals surface area contributed by atoms with Crippen LogP contribution >= 0.6 is 0 Å². The van der Waals surface area contributed by atoms with E-state index in [1.807, 2.05) is 37.3 Å². The van der Waals surface area contributed by atoms with Crippen molar-refractivity contribution in [2.75, 3.05) is 7.11 Å². The van der Waals surface area contributed by atoms with Crippen LogP contribution in [0, 0.1) is 13.8 Å². The number of hydrogen-bond acceptors (Lipinski definition) is 2. The number of carbonyl (C=O) groups is 1. The number of amides is 1. The Balaban J connectivity index is 1.96. The first kappa shape index (κ1) is 16.1. The lowest BCUT2D eigenvalue weighted by Gasteiger charge is -2.15. The molecule has 0 aromatic heterocycles. The van der Waals surface area contributed by atoms with Crippen molar-refractivity contribution in [1.82, 2.24) is 5.32 Å². The van der Waals surface area contributed by atoms with E-state index in [0.717, 1.165) is 16.9 Å². The molecule has 0 saturated heterocycles. The fraction of sp³-hybridized carbons (Fsp3) is 0.316. The van der Waals surface area contributed by atoms with E-state index in [9.17, 15) is 4.79 Å². The van der Waals surface area contributed by atoms with Crippen LogP contribution in [-0.4, -0.2) is 13.0 Å². The summed E-state index contributed by atoms with van der Waals surface area (Å²) >= 11 is 0. The minimum atomic E-state index is -0.0232. The molecule has 0 aliphatic heterocycles. The van der Waals surface area contributed by atoms with Gasteiger partial charge in [-0.15, -0.1) is 0 Å². The molecule has 1 N–H and O–H groups in total. The van der Waals surface area contributed by atoms with E-state index in [-0.39, 0.29) is 11.9 Å². The van der Waals surface area contributed by atoms with Crippen molar-refractivity contribution in [3.8, 4) is 5.75 Å². The van der Waals surface area contributed by atoms with Gasteiger partial charge < -0.3 is 10.1 Å². The highest BCUT2D eigenvalue weighted by atomic mass is 16.5. The second kappa shape index (κ2) is 7.12. The van der Waals surface area contributed by atoms with Crippen LogP contribution in [0.15, 0.2) is 42.5 Å². The Bertz CT molecular complexity index is 647. The summed E-state index contributed by atoms with van der Waals surface area (Å²) in [4.78, 5) is 12.2.